The first-order valence-electron chi connectivity index (χ1n) is 7.56. The average molecular weight is 366 g/mol. The van der Waals surface area contributed by atoms with Crippen LogP contribution in [0.5, 0.6) is 0 Å². The molecule has 0 aliphatic heterocycles. The zero-order valence-corrected chi connectivity index (χ0v) is 14.4. The second-order valence-electron chi connectivity index (χ2n) is 6.31. The lowest BCUT2D eigenvalue weighted by Crippen LogP contribution is -2.30. The normalized spacial score (nSPS) is 12.8. The first-order valence-corrected chi connectivity index (χ1v) is 7.56. The van der Waals surface area contributed by atoms with E-state index in [4.69, 9.17) is 0 Å². The van der Waals surface area contributed by atoms with Crippen molar-refractivity contribution in [2.45, 2.75) is 0 Å². The van der Waals surface area contributed by atoms with Crippen LogP contribution in [-0.2, 0) is 0 Å². The zero-order chi connectivity index (χ0) is 19.5. The fourth-order valence-corrected chi connectivity index (χ4v) is 3.09. The monoisotopic (exact) mass is 366 g/mol. The van der Waals surface area contributed by atoms with Gasteiger partial charge in [0.15, 0.2) is 34.8 Å². The summed E-state index contributed by atoms with van der Waals surface area (Å²) in [6.07, 6.45) is 0. The molecule has 2 aromatic rings. The molecule has 0 spiro atoms. The lowest BCUT2D eigenvalue weighted by Gasteiger charge is -2.28. The molecule has 0 unspecified atom stereocenters. The van der Waals surface area contributed by atoms with Crippen LogP contribution in [0.2, 0.25) is 0 Å². The number of rotatable bonds is 2. The number of carbonyl (C=O) groups excluding carboxylic acids is 2. The Morgan fingerprint density at radius 2 is 0.885 bits per heavy atom. The minimum Gasteiger partial charge on any atom is -0.377 e. The molecule has 26 heavy (non-hydrogen) atoms. The van der Waals surface area contributed by atoms with Crippen molar-refractivity contribution in [2.75, 3.05) is 38.0 Å². The maximum absolute atomic E-state index is 14.3. The predicted octanol–water partition coefficient (Wildman–Crippen LogP) is 3.15. The molecule has 0 aromatic heterocycles. The van der Waals surface area contributed by atoms with Crippen LogP contribution in [0, 0.1) is 23.3 Å². The van der Waals surface area contributed by atoms with E-state index in [9.17, 15) is 27.2 Å². The number of carbonyl (C=O) groups is 2. The highest BCUT2D eigenvalue weighted by molar-refractivity contribution is 6.32. The van der Waals surface area contributed by atoms with Crippen LogP contribution in [0.1, 0.15) is 31.8 Å². The van der Waals surface area contributed by atoms with E-state index >= 15 is 0 Å². The summed E-state index contributed by atoms with van der Waals surface area (Å²) in [5, 5.41) is 0. The summed E-state index contributed by atoms with van der Waals surface area (Å²) >= 11 is 0. The van der Waals surface area contributed by atoms with Gasteiger partial charge in [0.25, 0.3) is 0 Å². The molecule has 1 aliphatic rings. The van der Waals surface area contributed by atoms with Crippen molar-refractivity contribution in [3.05, 3.63) is 57.7 Å². The first-order chi connectivity index (χ1) is 12.1. The van der Waals surface area contributed by atoms with Gasteiger partial charge in [-0.2, -0.15) is 0 Å². The molecule has 0 saturated carbocycles. The molecule has 1 aliphatic carbocycles. The summed E-state index contributed by atoms with van der Waals surface area (Å²) in [6.45, 7) is 0. The van der Waals surface area contributed by atoms with Crippen LogP contribution < -0.4 is 9.80 Å². The molecule has 0 fully saturated rings. The number of fused-ring (bicyclic) bond motifs is 2. The van der Waals surface area contributed by atoms with E-state index in [0.717, 1.165) is 0 Å². The average Bonchev–Trinajstić information content (AvgIpc) is 2.59. The highest BCUT2D eigenvalue weighted by Crippen LogP contribution is 2.40. The lowest BCUT2D eigenvalue weighted by molar-refractivity contribution is 0.0970. The molecule has 0 radical (unpaired) electrons. The topological polar surface area (TPSA) is 40.6 Å². The largest absolute Gasteiger partial charge is 0.377 e. The third-order valence-corrected chi connectivity index (χ3v) is 4.30. The van der Waals surface area contributed by atoms with E-state index in [0.29, 0.717) is 0 Å². The zero-order valence-electron chi connectivity index (χ0n) is 14.4. The summed E-state index contributed by atoms with van der Waals surface area (Å²) in [6, 6.07) is 3.08. The van der Waals surface area contributed by atoms with Crippen LogP contribution in [-0.4, -0.2) is 39.8 Å². The fraction of sp³-hybridized carbons (Fsp3) is 0.222. The van der Waals surface area contributed by atoms with Gasteiger partial charge in [0.2, 0.25) is 0 Å². The minimum atomic E-state index is -2.12. The third kappa shape index (κ3) is 2.21. The summed E-state index contributed by atoms with van der Waals surface area (Å²) in [5.41, 5.74) is -1.97. The van der Waals surface area contributed by atoms with E-state index in [1.54, 1.807) is 40.3 Å². The van der Waals surface area contributed by atoms with Crippen LogP contribution in [0.15, 0.2) is 12.1 Å². The predicted molar refractivity (Wildman–Crippen MR) is 88.2 cm³/mol. The van der Waals surface area contributed by atoms with Crippen molar-refractivity contribution < 1.29 is 27.2 Å². The van der Waals surface area contributed by atoms with Crippen LogP contribution in [0.3, 0.4) is 0 Å². The van der Waals surface area contributed by atoms with Crippen molar-refractivity contribution >= 4 is 22.9 Å². The molecule has 8 heteroatoms. The maximum atomic E-state index is 14.3. The van der Waals surface area contributed by atoms with Crippen molar-refractivity contribution in [3.63, 3.8) is 0 Å². The van der Waals surface area contributed by atoms with Gasteiger partial charge in [-0.25, -0.2) is 17.6 Å². The van der Waals surface area contributed by atoms with Gasteiger partial charge in [0, 0.05) is 39.6 Å². The number of ketones is 2. The van der Waals surface area contributed by atoms with Gasteiger partial charge in [-0.05, 0) is 12.1 Å². The second kappa shape index (κ2) is 5.82. The SMILES string of the molecule is CN(C)c1ccc(N(C)C)c2c1C(=O)c1c(F)c(F)c(F)c(F)c1C2=O. The summed E-state index contributed by atoms with van der Waals surface area (Å²) in [4.78, 5) is 28.8. The Hall–Kier alpha value is -2.90. The molecule has 0 bridgehead atoms. The molecule has 4 nitrogen and oxygen atoms in total. The Morgan fingerprint density at radius 3 is 1.15 bits per heavy atom. The molecule has 2 aromatic carbocycles. The van der Waals surface area contributed by atoms with E-state index < -0.39 is 46.0 Å². The van der Waals surface area contributed by atoms with Gasteiger partial charge in [0.05, 0.1) is 22.3 Å². The summed E-state index contributed by atoms with van der Waals surface area (Å²) in [5.74, 6) is -10.1. The first kappa shape index (κ1) is 17.9. The van der Waals surface area contributed by atoms with Crippen molar-refractivity contribution in [3.8, 4) is 0 Å². The van der Waals surface area contributed by atoms with Crippen LogP contribution in [0.4, 0.5) is 28.9 Å². The summed E-state index contributed by atoms with van der Waals surface area (Å²) < 4.78 is 55.8. The molecule has 3 rings (SSSR count). The quantitative estimate of drug-likeness (QED) is 0.397. The van der Waals surface area contributed by atoms with E-state index in [1.807, 2.05) is 0 Å². The second-order valence-corrected chi connectivity index (χ2v) is 6.31. The van der Waals surface area contributed by atoms with Crippen molar-refractivity contribution in [1.29, 1.82) is 0 Å². The minimum absolute atomic E-state index is 0.178. The van der Waals surface area contributed by atoms with Gasteiger partial charge in [-0.15, -0.1) is 0 Å². The van der Waals surface area contributed by atoms with E-state index in [2.05, 4.69) is 0 Å². The molecular formula is C18H14F4N2O2. The van der Waals surface area contributed by atoms with E-state index in [-0.39, 0.29) is 22.5 Å². The highest BCUT2D eigenvalue weighted by Gasteiger charge is 2.41. The fourth-order valence-electron chi connectivity index (χ4n) is 3.09. The van der Waals surface area contributed by atoms with E-state index in [1.165, 1.54) is 9.80 Å². The van der Waals surface area contributed by atoms with Crippen LogP contribution in [0.25, 0.3) is 0 Å². The summed E-state index contributed by atoms with van der Waals surface area (Å²) in [7, 11) is 6.39. The Labute approximate surface area is 146 Å². The molecular weight excluding hydrogens is 352 g/mol. The van der Waals surface area contributed by atoms with Gasteiger partial charge >= 0.3 is 0 Å². The molecule has 0 saturated heterocycles. The number of benzene rings is 2. The third-order valence-electron chi connectivity index (χ3n) is 4.30. The van der Waals surface area contributed by atoms with Gasteiger partial charge in [-0.1, -0.05) is 0 Å². The van der Waals surface area contributed by atoms with Crippen LogP contribution >= 0.6 is 0 Å². The molecule has 0 N–H and O–H groups in total. The smallest absolute Gasteiger partial charge is 0.199 e. The Kier molecular flexibility index (Phi) is 4.01. The number of nitrogens with zero attached hydrogens (tertiary/aromatic N) is 2. The molecule has 0 atom stereocenters. The standard InChI is InChI=1S/C18H14F4N2O2/c1-23(2)7-5-6-8(24(3)4)10-9(7)17(25)11-12(18(10)26)14(20)16(22)15(21)13(11)19/h5-6H,1-4H3. The highest BCUT2D eigenvalue weighted by atomic mass is 19.2. The Morgan fingerprint density at radius 1 is 0.577 bits per heavy atom. The van der Waals surface area contributed by atoms with Gasteiger partial charge in [0.1, 0.15) is 0 Å². The number of hydrogen-bond acceptors (Lipinski definition) is 4. The Balaban J connectivity index is 2.49. The number of halogens is 4. The lowest BCUT2D eigenvalue weighted by atomic mass is 9.81. The molecule has 0 heterocycles. The number of anilines is 2. The molecule has 136 valence electrons. The van der Waals surface area contributed by atoms with Gasteiger partial charge < -0.3 is 9.80 Å². The number of hydrogen-bond donors (Lipinski definition) is 0. The van der Waals surface area contributed by atoms with Gasteiger partial charge in [-0.3, -0.25) is 9.59 Å². The Bertz CT molecular complexity index is 906. The maximum Gasteiger partial charge on any atom is 0.199 e. The molecule has 0 amide bonds. The van der Waals surface area contributed by atoms with Crippen molar-refractivity contribution in [2.24, 2.45) is 0 Å². The van der Waals surface area contributed by atoms with Crippen molar-refractivity contribution in [1.82, 2.24) is 0 Å².